The van der Waals surface area contributed by atoms with Gasteiger partial charge in [0.25, 0.3) is 0 Å². The molecule has 6 heteroatoms. The summed E-state index contributed by atoms with van der Waals surface area (Å²) in [7, 11) is 0. The van der Waals surface area contributed by atoms with Crippen LogP contribution in [0.5, 0.6) is 0 Å². The second-order valence-electron chi connectivity index (χ2n) is 7.84. The van der Waals surface area contributed by atoms with Crippen molar-refractivity contribution in [3.8, 4) is 0 Å². The van der Waals surface area contributed by atoms with Gasteiger partial charge in [0, 0.05) is 37.5 Å². The molecule has 1 aromatic carbocycles. The van der Waals surface area contributed by atoms with Crippen molar-refractivity contribution in [1.29, 1.82) is 0 Å². The molecule has 1 fully saturated rings. The topological polar surface area (TPSA) is 59.9 Å². The van der Waals surface area contributed by atoms with Crippen molar-refractivity contribution in [1.82, 2.24) is 15.5 Å². The highest BCUT2D eigenvalue weighted by atomic mass is 32.2. The Hall–Kier alpha value is -1.24. The Morgan fingerprint density at radius 1 is 1.19 bits per heavy atom. The zero-order valence-corrected chi connectivity index (χ0v) is 18.1. The standard InChI is InChI=1S/C21H36N4OS/c1-5-22-20(24-16-21(2,3)27-4)23-14-17-6-8-18(9-7-17)15-25-12-10-19(26)11-13-25/h6-9,19,26H,5,10-16H2,1-4H3,(H2,22,23,24). The fourth-order valence-corrected chi connectivity index (χ4v) is 3.18. The smallest absolute Gasteiger partial charge is 0.191 e. The first-order valence-corrected chi connectivity index (χ1v) is 11.2. The highest BCUT2D eigenvalue weighted by Crippen LogP contribution is 2.19. The number of guanidine groups is 1. The molecule has 3 N–H and O–H groups in total. The van der Waals surface area contributed by atoms with Crippen LogP contribution in [-0.4, -0.2) is 59.3 Å². The van der Waals surface area contributed by atoms with Crippen LogP contribution in [0.25, 0.3) is 0 Å². The molecule has 0 radical (unpaired) electrons. The second kappa shape index (κ2) is 10.9. The van der Waals surface area contributed by atoms with Crippen molar-refractivity contribution in [3.63, 3.8) is 0 Å². The molecule has 0 bridgehead atoms. The number of aliphatic imine (C=N–C) groups is 1. The number of benzene rings is 1. The Kier molecular flexibility index (Phi) is 8.93. The number of aliphatic hydroxyl groups is 1. The largest absolute Gasteiger partial charge is 0.393 e. The minimum absolute atomic E-state index is 0.109. The van der Waals surface area contributed by atoms with Gasteiger partial charge in [0.05, 0.1) is 12.6 Å². The van der Waals surface area contributed by atoms with Gasteiger partial charge in [0.1, 0.15) is 0 Å². The van der Waals surface area contributed by atoms with Gasteiger partial charge >= 0.3 is 0 Å². The Morgan fingerprint density at radius 3 is 2.41 bits per heavy atom. The fourth-order valence-electron chi connectivity index (χ4n) is 2.97. The SMILES string of the molecule is CCNC(=NCc1ccc(CN2CCC(O)CC2)cc1)NCC(C)(C)SC. The zero-order chi connectivity index (χ0) is 19.7. The third-order valence-electron chi connectivity index (χ3n) is 4.98. The normalized spacial score (nSPS) is 17.1. The molecule has 0 amide bonds. The maximum atomic E-state index is 9.62. The Balaban J connectivity index is 1.86. The van der Waals surface area contributed by atoms with Gasteiger partial charge in [-0.25, -0.2) is 4.99 Å². The van der Waals surface area contributed by atoms with Crippen molar-refractivity contribution in [2.75, 3.05) is 32.4 Å². The monoisotopic (exact) mass is 392 g/mol. The third kappa shape index (κ3) is 8.11. The van der Waals surface area contributed by atoms with Crippen molar-refractivity contribution in [3.05, 3.63) is 35.4 Å². The van der Waals surface area contributed by atoms with E-state index in [0.717, 1.165) is 51.5 Å². The number of piperidine rings is 1. The lowest BCUT2D eigenvalue weighted by atomic mass is 10.1. The first kappa shape index (κ1) is 22.1. The summed E-state index contributed by atoms with van der Waals surface area (Å²) in [5.41, 5.74) is 2.54. The number of rotatable bonds is 8. The average molecular weight is 393 g/mol. The molecule has 0 aromatic heterocycles. The lowest BCUT2D eigenvalue weighted by molar-refractivity contribution is 0.0792. The molecule has 0 atom stereocenters. The van der Waals surface area contributed by atoms with Crippen LogP contribution in [-0.2, 0) is 13.1 Å². The molecule has 1 heterocycles. The minimum atomic E-state index is -0.109. The predicted octanol–water partition coefficient (Wildman–Crippen LogP) is 2.84. The number of nitrogens with one attached hydrogen (secondary N) is 2. The molecule has 1 saturated heterocycles. The summed E-state index contributed by atoms with van der Waals surface area (Å²) in [5.74, 6) is 0.871. The molecule has 1 aliphatic heterocycles. The van der Waals surface area contributed by atoms with Gasteiger partial charge in [-0.3, -0.25) is 4.90 Å². The van der Waals surface area contributed by atoms with E-state index in [1.165, 1.54) is 11.1 Å². The number of nitrogens with zero attached hydrogens (tertiary/aromatic N) is 2. The van der Waals surface area contributed by atoms with E-state index in [1.54, 1.807) is 0 Å². The van der Waals surface area contributed by atoms with Gasteiger partial charge < -0.3 is 15.7 Å². The minimum Gasteiger partial charge on any atom is -0.393 e. The summed E-state index contributed by atoms with van der Waals surface area (Å²) in [5, 5.41) is 16.4. The molecular formula is C21H36N4OS. The van der Waals surface area contributed by atoms with Crippen molar-refractivity contribution < 1.29 is 5.11 Å². The van der Waals surface area contributed by atoms with Gasteiger partial charge in [-0.1, -0.05) is 24.3 Å². The van der Waals surface area contributed by atoms with Crippen LogP contribution in [0.1, 0.15) is 44.7 Å². The van der Waals surface area contributed by atoms with Crippen LogP contribution in [0, 0.1) is 0 Å². The second-order valence-corrected chi connectivity index (χ2v) is 9.35. The van der Waals surface area contributed by atoms with Gasteiger partial charge in [-0.05, 0) is 51.0 Å². The van der Waals surface area contributed by atoms with Gasteiger partial charge in [0.15, 0.2) is 5.96 Å². The van der Waals surface area contributed by atoms with E-state index in [1.807, 2.05) is 11.8 Å². The number of likely N-dealkylation sites (tertiary alicyclic amines) is 1. The lowest BCUT2D eigenvalue weighted by Gasteiger charge is -2.29. The van der Waals surface area contributed by atoms with Gasteiger partial charge in [0.2, 0.25) is 0 Å². The maximum Gasteiger partial charge on any atom is 0.191 e. The molecule has 1 aliphatic rings. The summed E-state index contributed by atoms with van der Waals surface area (Å²) >= 11 is 1.85. The van der Waals surface area contributed by atoms with E-state index in [9.17, 15) is 5.11 Å². The third-order valence-corrected chi connectivity index (χ3v) is 6.23. The number of thioether (sulfide) groups is 1. The highest BCUT2D eigenvalue weighted by molar-refractivity contribution is 7.99. The number of aliphatic hydroxyl groups excluding tert-OH is 1. The van der Waals surface area contributed by atoms with Crippen LogP contribution in [0.2, 0.25) is 0 Å². The van der Waals surface area contributed by atoms with Crippen LogP contribution in [0.3, 0.4) is 0 Å². The molecular weight excluding hydrogens is 356 g/mol. The Bertz CT molecular complexity index is 580. The maximum absolute atomic E-state index is 9.62. The number of hydrogen-bond donors (Lipinski definition) is 3. The van der Waals surface area contributed by atoms with Gasteiger partial charge in [-0.2, -0.15) is 11.8 Å². The quantitative estimate of drug-likeness (QED) is 0.469. The molecule has 0 unspecified atom stereocenters. The molecule has 0 aliphatic carbocycles. The summed E-state index contributed by atoms with van der Waals surface area (Å²) in [6.07, 6.45) is 3.81. The lowest BCUT2D eigenvalue weighted by Crippen LogP contribution is -2.43. The summed E-state index contributed by atoms with van der Waals surface area (Å²) in [4.78, 5) is 7.14. The summed E-state index contributed by atoms with van der Waals surface area (Å²) in [6.45, 7) is 11.9. The highest BCUT2D eigenvalue weighted by Gasteiger charge is 2.17. The fraction of sp³-hybridized carbons (Fsp3) is 0.667. The van der Waals surface area contributed by atoms with Crippen LogP contribution in [0.4, 0.5) is 0 Å². The van der Waals surface area contributed by atoms with Crippen LogP contribution < -0.4 is 10.6 Å². The number of hydrogen-bond acceptors (Lipinski definition) is 4. The van der Waals surface area contributed by atoms with E-state index >= 15 is 0 Å². The van der Waals surface area contributed by atoms with E-state index in [4.69, 9.17) is 4.99 Å². The summed E-state index contributed by atoms with van der Waals surface area (Å²) in [6, 6.07) is 8.75. The van der Waals surface area contributed by atoms with E-state index in [-0.39, 0.29) is 10.9 Å². The van der Waals surface area contributed by atoms with E-state index in [2.05, 4.69) is 66.8 Å². The van der Waals surface area contributed by atoms with Crippen LogP contribution in [0.15, 0.2) is 29.3 Å². The zero-order valence-electron chi connectivity index (χ0n) is 17.3. The summed E-state index contributed by atoms with van der Waals surface area (Å²) < 4.78 is 0.183. The molecule has 27 heavy (non-hydrogen) atoms. The predicted molar refractivity (Wildman–Crippen MR) is 117 cm³/mol. The van der Waals surface area contributed by atoms with E-state index < -0.39 is 0 Å². The van der Waals surface area contributed by atoms with Crippen LogP contribution >= 0.6 is 11.8 Å². The Labute approximate surface area is 169 Å². The van der Waals surface area contributed by atoms with E-state index in [0.29, 0.717) is 6.54 Å². The first-order valence-electron chi connectivity index (χ1n) is 9.97. The molecule has 152 valence electrons. The molecule has 2 rings (SSSR count). The average Bonchev–Trinajstić information content (AvgIpc) is 2.67. The first-order chi connectivity index (χ1) is 12.9. The molecule has 0 saturated carbocycles. The molecule has 1 aromatic rings. The van der Waals surface area contributed by atoms with Crippen molar-refractivity contribution >= 4 is 17.7 Å². The van der Waals surface area contributed by atoms with Gasteiger partial charge in [-0.15, -0.1) is 0 Å². The molecule has 5 nitrogen and oxygen atoms in total. The Morgan fingerprint density at radius 2 is 1.81 bits per heavy atom. The van der Waals surface area contributed by atoms with Crippen molar-refractivity contribution in [2.24, 2.45) is 4.99 Å². The molecule has 0 spiro atoms. The van der Waals surface area contributed by atoms with Crippen molar-refractivity contribution in [2.45, 2.75) is 57.6 Å².